The molecule has 0 aliphatic heterocycles. The zero-order valence-corrected chi connectivity index (χ0v) is 12.8. The fourth-order valence-electron chi connectivity index (χ4n) is 2.96. The highest BCUT2D eigenvalue weighted by Crippen LogP contribution is 2.40. The van der Waals surface area contributed by atoms with Gasteiger partial charge in [-0.2, -0.15) is 0 Å². The summed E-state index contributed by atoms with van der Waals surface area (Å²) in [7, 11) is 1.19. The third-order valence-electron chi connectivity index (χ3n) is 4.06. The molecule has 0 heterocycles. The molecule has 1 fully saturated rings. The molecule has 2 rings (SSSR count). The lowest BCUT2D eigenvalue weighted by Gasteiger charge is -2.37. The average molecular weight is 302 g/mol. The maximum Gasteiger partial charge on any atom is 0.316 e. The summed E-state index contributed by atoms with van der Waals surface area (Å²) in [6, 6.07) is 8.16. The Morgan fingerprint density at radius 3 is 2.27 bits per heavy atom. The molecule has 0 radical (unpaired) electrons. The van der Waals surface area contributed by atoms with Crippen LogP contribution in [0.1, 0.15) is 30.6 Å². The van der Waals surface area contributed by atoms with Crippen molar-refractivity contribution in [1.82, 2.24) is 0 Å². The number of Topliss-reactive ketones (excluding diaryl/α,β-unsaturated/α-hetero) is 3. The predicted molar refractivity (Wildman–Crippen MR) is 78.2 cm³/mol. The van der Waals surface area contributed by atoms with Gasteiger partial charge in [0.1, 0.15) is 11.8 Å². The highest BCUT2D eigenvalue weighted by Gasteiger charge is 2.54. The van der Waals surface area contributed by atoms with Crippen molar-refractivity contribution in [1.29, 1.82) is 0 Å². The van der Waals surface area contributed by atoms with E-state index in [2.05, 4.69) is 4.74 Å². The first kappa shape index (κ1) is 16.1. The number of methoxy groups -OCH3 is 1. The fourth-order valence-corrected chi connectivity index (χ4v) is 2.96. The minimum absolute atomic E-state index is 0.0122. The molecular weight excluding hydrogens is 284 g/mol. The van der Waals surface area contributed by atoms with Crippen LogP contribution in [0.2, 0.25) is 0 Å². The molecule has 5 nitrogen and oxygen atoms in total. The zero-order chi connectivity index (χ0) is 16.5. The minimum Gasteiger partial charge on any atom is -0.468 e. The monoisotopic (exact) mass is 302 g/mol. The fraction of sp³-hybridized carbons (Fsp3) is 0.412. The van der Waals surface area contributed by atoms with Crippen LogP contribution in [0.4, 0.5) is 0 Å². The van der Waals surface area contributed by atoms with Gasteiger partial charge in [0.25, 0.3) is 0 Å². The van der Waals surface area contributed by atoms with Crippen LogP contribution in [0.25, 0.3) is 0 Å². The van der Waals surface area contributed by atoms with Crippen LogP contribution >= 0.6 is 0 Å². The zero-order valence-electron chi connectivity index (χ0n) is 12.8. The largest absolute Gasteiger partial charge is 0.468 e. The smallest absolute Gasteiger partial charge is 0.316 e. The summed E-state index contributed by atoms with van der Waals surface area (Å²) in [5.74, 6) is -4.88. The number of ether oxygens (including phenoxy) is 1. The molecule has 1 aromatic carbocycles. The summed E-state index contributed by atoms with van der Waals surface area (Å²) < 4.78 is 4.68. The Labute approximate surface area is 128 Å². The van der Waals surface area contributed by atoms with Crippen molar-refractivity contribution in [2.75, 3.05) is 7.11 Å². The van der Waals surface area contributed by atoms with Crippen LogP contribution in [-0.2, 0) is 19.1 Å². The lowest BCUT2D eigenvalue weighted by Crippen LogP contribution is -2.52. The van der Waals surface area contributed by atoms with Crippen LogP contribution in [-0.4, -0.2) is 30.4 Å². The standard InChI is InChI=1S/C17H18O5/c1-17(2)9-11(18)12(15(20)13(17)16(21)22-3)14(19)10-7-5-4-6-8-10/h4-8,12-13H,9H2,1-3H3/t12-,13-/m1/s1. The van der Waals surface area contributed by atoms with Crippen LogP contribution in [0.15, 0.2) is 30.3 Å². The van der Waals surface area contributed by atoms with Gasteiger partial charge in [-0.25, -0.2) is 0 Å². The van der Waals surface area contributed by atoms with E-state index in [-0.39, 0.29) is 12.0 Å². The van der Waals surface area contributed by atoms with Gasteiger partial charge in [0.2, 0.25) is 0 Å². The van der Waals surface area contributed by atoms with Crippen molar-refractivity contribution in [2.24, 2.45) is 17.3 Å². The number of esters is 1. The van der Waals surface area contributed by atoms with E-state index < -0.39 is 40.6 Å². The molecule has 0 spiro atoms. The van der Waals surface area contributed by atoms with Crippen LogP contribution < -0.4 is 0 Å². The molecule has 0 bridgehead atoms. The van der Waals surface area contributed by atoms with E-state index in [1.807, 2.05) is 0 Å². The molecule has 22 heavy (non-hydrogen) atoms. The first-order valence-electron chi connectivity index (χ1n) is 7.03. The van der Waals surface area contributed by atoms with Gasteiger partial charge in [-0.15, -0.1) is 0 Å². The summed E-state index contributed by atoms with van der Waals surface area (Å²) in [6.45, 7) is 3.32. The third kappa shape index (κ3) is 2.71. The molecule has 1 aliphatic rings. The molecule has 1 saturated carbocycles. The van der Waals surface area contributed by atoms with Gasteiger partial charge in [-0.05, 0) is 5.41 Å². The van der Waals surface area contributed by atoms with Gasteiger partial charge in [0.05, 0.1) is 7.11 Å². The van der Waals surface area contributed by atoms with Crippen molar-refractivity contribution in [2.45, 2.75) is 20.3 Å². The summed E-state index contributed by atoms with van der Waals surface area (Å²) >= 11 is 0. The molecular formula is C17H18O5. The SMILES string of the molecule is COC(=O)[C@H]1C(=O)[C@@H](C(=O)c2ccccc2)C(=O)CC1(C)C. The maximum atomic E-state index is 12.6. The van der Waals surface area contributed by atoms with E-state index in [0.717, 1.165) is 0 Å². The van der Waals surface area contributed by atoms with Gasteiger partial charge in [0, 0.05) is 12.0 Å². The normalized spacial score (nSPS) is 24.0. The van der Waals surface area contributed by atoms with E-state index in [4.69, 9.17) is 0 Å². The number of benzene rings is 1. The number of rotatable bonds is 3. The highest BCUT2D eigenvalue weighted by atomic mass is 16.5. The second-order valence-corrected chi connectivity index (χ2v) is 6.15. The van der Waals surface area contributed by atoms with Crippen molar-refractivity contribution >= 4 is 23.3 Å². The van der Waals surface area contributed by atoms with Crippen LogP contribution in [0.5, 0.6) is 0 Å². The number of ketones is 3. The molecule has 1 aromatic rings. The second-order valence-electron chi connectivity index (χ2n) is 6.15. The summed E-state index contributed by atoms with van der Waals surface area (Å²) in [6.07, 6.45) is -0.0122. The first-order valence-corrected chi connectivity index (χ1v) is 7.03. The summed E-state index contributed by atoms with van der Waals surface area (Å²) in [4.78, 5) is 49.4. The van der Waals surface area contributed by atoms with E-state index in [1.54, 1.807) is 44.2 Å². The number of hydrogen-bond donors (Lipinski definition) is 0. The molecule has 0 unspecified atom stereocenters. The average Bonchev–Trinajstić information content (AvgIpc) is 2.46. The Bertz CT molecular complexity index is 630. The summed E-state index contributed by atoms with van der Waals surface area (Å²) in [5.41, 5.74) is -0.563. The Morgan fingerprint density at radius 1 is 1.14 bits per heavy atom. The molecule has 0 amide bonds. The van der Waals surface area contributed by atoms with Crippen LogP contribution in [0.3, 0.4) is 0 Å². The first-order chi connectivity index (χ1) is 10.3. The molecule has 5 heteroatoms. The van der Waals surface area contributed by atoms with Gasteiger partial charge >= 0.3 is 5.97 Å². The lowest BCUT2D eigenvalue weighted by atomic mass is 9.63. The maximum absolute atomic E-state index is 12.6. The van der Waals surface area contributed by atoms with Crippen molar-refractivity contribution < 1.29 is 23.9 Å². The predicted octanol–water partition coefficient (Wildman–Crippen LogP) is 1.84. The second kappa shape index (κ2) is 5.83. The van der Waals surface area contributed by atoms with E-state index in [1.165, 1.54) is 7.11 Å². The minimum atomic E-state index is -1.42. The Balaban J connectivity index is 2.40. The molecule has 0 aromatic heterocycles. The van der Waals surface area contributed by atoms with Gasteiger partial charge < -0.3 is 4.74 Å². The topological polar surface area (TPSA) is 77.5 Å². The summed E-state index contributed by atoms with van der Waals surface area (Å²) in [5, 5.41) is 0. The van der Waals surface area contributed by atoms with E-state index in [0.29, 0.717) is 0 Å². The number of carbonyl (C=O) groups excluding carboxylic acids is 4. The van der Waals surface area contributed by atoms with Crippen molar-refractivity contribution in [3.63, 3.8) is 0 Å². The number of carbonyl (C=O) groups is 4. The van der Waals surface area contributed by atoms with Gasteiger partial charge in [-0.3, -0.25) is 19.2 Å². The molecule has 0 saturated heterocycles. The Hall–Kier alpha value is -2.30. The molecule has 0 N–H and O–H groups in total. The number of hydrogen-bond acceptors (Lipinski definition) is 5. The lowest BCUT2D eigenvalue weighted by molar-refractivity contribution is -0.159. The third-order valence-corrected chi connectivity index (χ3v) is 4.06. The van der Waals surface area contributed by atoms with Gasteiger partial charge in [0.15, 0.2) is 17.3 Å². The van der Waals surface area contributed by atoms with E-state index in [9.17, 15) is 19.2 Å². The Kier molecular flexibility index (Phi) is 4.26. The van der Waals surface area contributed by atoms with Gasteiger partial charge in [-0.1, -0.05) is 44.2 Å². The van der Waals surface area contributed by atoms with Crippen molar-refractivity contribution in [3.8, 4) is 0 Å². The van der Waals surface area contributed by atoms with E-state index >= 15 is 0 Å². The van der Waals surface area contributed by atoms with Crippen LogP contribution in [0, 0.1) is 17.3 Å². The highest BCUT2D eigenvalue weighted by molar-refractivity contribution is 6.28. The molecule has 1 aliphatic carbocycles. The van der Waals surface area contributed by atoms with Crippen molar-refractivity contribution in [3.05, 3.63) is 35.9 Å². The molecule has 2 atom stereocenters. The molecule has 116 valence electrons. The quantitative estimate of drug-likeness (QED) is 0.484. The Morgan fingerprint density at radius 2 is 1.73 bits per heavy atom.